The molecule has 0 spiro atoms. The van der Waals surface area contributed by atoms with Gasteiger partial charge in [0.25, 0.3) is 10.1 Å². The molecule has 0 heterocycles. The van der Waals surface area contributed by atoms with Crippen LogP contribution in [0.1, 0.15) is 29.2 Å². The minimum absolute atomic E-state index is 0. The number of hydrogen-bond donors (Lipinski definition) is 2. The average molecular weight is 436 g/mol. The Bertz CT molecular complexity index is 944. The predicted octanol–water partition coefficient (Wildman–Crippen LogP) is 3.38. The van der Waals surface area contributed by atoms with Gasteiger partial charge in [-0.05, 0) is 16.7 Å². The number of hydrogen-bond acceptors (Lipinski definition) is 4. The SMILES string of the molecule is O=S(=O)(O)C(O)CC(c1ccccc1)N(Cc1ccccc1)Cc1ccccc1.[NaH]. The van der Waals surface area contributed by atoms with Gasteiger partial charge < -0.3 is 5.11 Å². The molecule has 2 atom stereocenters. The first-order valence-electron chi connectivity index (χ1n) is 9.44. The summed E-state index contributed by atoms with van der Waals surface area (Å²) in [6, 6.07) is 28.8. The molecule has 0 amide bonds. The number of nitrogens with zero attached hydrogens (tertiary/aromatic N) is 1. The summed E-state index contributed by atoms with van der Waals surface area (Å²) in [7, 11) is -4.56. The van der Waals surface area contributed by atoms with E-state index in [0.29, 0.717) is 13.1 Å². The van der Waals surface area contributed by atoms with Gasteiger partial charge in [0.2, 0.25) is 0 Å². The third-order valence-electron chi connectivity index (χ3n) is 4.85. The first-order valence-corrected chi connectivity index (χ1v) is 10.9. The molecule has 154 valence electrons. The molecular weight excluding hydrogens is 409 g/mol. The molecule has 7 heteroatoms. The predicted molar refractivity (Wildman–Crippen MR) is 121 cm³/mol. The molecular formula is C23H26NNaO4S. The number of rotatable bonds is 9. The zero-order valence-corrected chi connectivity index (χ0v) is 16.8. The van der Waals surface area contributed by atoms with Gasteiger partial charge in [0.05, 0.1) is 0 Å². The van der Waals surface area contributed by atoms with E-state index in [2.05, 4.69) is 4.90 Å². The van der Waals surface area contributed by atoms with Crippen LogP contribution in [0, 0.1) is 0 Å². The van der Waals surface area contributed by atoms with Crippen molar-refractivity contribution < 1.29 is 18.1 Å². The molecule has 0 saturated carbocycles. The molecule has 2 N–H and O–H groups in total. The first-order chi connectivity index (χ1) is 13.9. The summed E-state index contributed by atoms with van der Waals surface area (Å²) < 4.78 is 32.4. The van der Waals surface area contributed by atoms with E-state index in [0.717, 1.165) is 16.7 Å². The van der Waals surface area contributed by atoms with E-state index in [9.17, 15) is 18.1 Å². The van der Waals surface area contributed by atoms with E-state index in [1.54, 1.807) is 0 Å². The Labute approximate surface area is 200 Å². The Morgan fingerprint density at radius 2 is 1.13 bits per heavy atom. The second-order valence-corrected chi connectivity index (χ2v) is 8.58. The van der Waals surface area contributed by atoms with Gasteiger partial charge in [-0.25, -0.2) is 0 Å². The van der Waals surface area contributed by atoms with Gasteiger partial charge in [-0.1, -0.05) is 91.0 Å². The summed E-state index contributed by atoms with van der Waals surface area (Å²) in [5, 5.41) is 10.1. The molecule has 0 aliphatic rings. The third-order valence-corrected chi connectivity index (χ3v) is 5.73. The summed E-state index contributed by atoms with van der Waals surface area (Å²) in [5.74, 6) is 0. The van der Waals surface area contributed by atoms with Crippen molar-refractivity contribution in [3.8, 4) is 0 Å². The summed E-state index contributed by atoms with van der Waals surface area (Å²) in [6.07, 6.45) is -0.136. The van der Waals surface area contributed by atoms with Crippen molar-refractivity contribution in [2.45, 2.75) is 31.0 Å². The van der Waals surface area contributed by atoms with Crippen LogP contribution < -0.4 is 0 Å². The average Bonchev–Trinajstić information content (AvgIpc) is 2.73. The summed E-state index contributed by atoms with van der Waals surface area (Å²) in [4.78, 5) is 2.12. The van der Waals surface area contributed by atoms with Gasteiger partial charge >= 0.3 is 29.6 Å². The van der Waals surface area contributed by atoms with E-state index in [1.807, 2.05) is 91.0 Å². The van der Waals surface area contributed by atoms with Gasteiger partial charge in [-0.2, -0.15) is 8.42 Å². The molecule has 0 bridgehead atoms. The number of benzene rings is 3. The second kappa shape index (κ2) is 11.8. The van der Waals surface area contributed by atoms with Crippen LogP contribution in [0.4, 0.5) is 0 Å². The molecule has 0 radical (unpaired) electrons. The van der Waals surface area contributed by atoms with Gasteiger partial charge in [0.1, 0.15) is 0 Å². The topological polar surface area (TPSA) is 77.8 Å². The normalized spacial score (nSPS) is 13.4. The Morgan fingerprint density at radius 3 is 1.53 bits per heavy atom. The Morgan fingerprint density at radius 1 is 0.733 bits per heavy atom. The fourth-order valence-corrected chi connectivity index (χ4v) is 3.82. The first kappa shape index (κ1) is 24.8. The van der Waals surface area contributed by atoms with Gasteiger partial charge in [-0.3, -0.25) is 9.45 Å². The molecule has 3 aromatic rings. The van der Waals surface area contributed by atoms with Crippen LogP contribution in [-0.4, -0.2) is 58.0 Å². The summed E-state index contributed by atoms with van der Waals surface area (Å²) in [5.41, 5.74) is 1.17. The van der Waals surface area contributed by atoms with Crippen LogP contribution in [0.15, 0.2) is 91.0 Å². The van der Waals surface area contributed by atoms with Gasteiger partial charge in [0.15, 0.2) is 5.44 Å². The molecule has 0 aromatic heterocycles. The number of aliphatic hydroxyl groups is 1. The van der Waals surface area contributed by atoms with Crippen molar-refractivity contribution in [1.82, 2.24) is 4.90 Å². The number of aliphatic hydroxyl groups excluding tert-OH is 1. The quantitative estimate of drug-likeness (QED) is 0.398. The molecule has 3 rings (SSSR count). The molecule has 5 nitrogen and oxygen atoms in total. The van der Waals surface area contributed by atoms with Crippen molar-refractivity contribution in [2.24, 2.45) is 0 Å². The van der Waals surface area contributed by atoms with E-state index < -0.39 is 21.6 Å². The molecule has 2 unspecified atom stereocenters. The van der Waals surface area contributed by atoms with Crippen LogP contribution >= 0.6 is 0 Å². The van der Waals surface area contributed by atoms with Crippen LogP contribution in [0.3, 0.4) is 0 Å². The van der Waals surface area contributed by atoms with Crippen LogP contribution in [0.5, 0.6) is 0 Å². The summed E-state index contributed by atoms with van der Waals surface area (Å²) in [6.45, 7) is 1.13. The van der Waals surface area contributed by atoms with Crippen LogP contribution in [-0.2, 0) is 23.2 Å². The fraction of sp³-hybridized carbons (Fsp3) is 0.217. The zero-order chi connectivity index (χ0) is 20.7. The van der Waals surface area contributed by atoms with Crippen LogP contribution in [0.2, 0.25) is 0 Å². The van der Waals surface area contributed by atoms with Crippen molar-refractivity contribution in [3.63, 3.8) is 0 Å². The van der Waals surface area contributed by atoms with Crippen molar-refractivity contribution >= 4 is 39.7 Å². The van der Waals surface area contributed by atoms with Crippen molar-refractivity contribution in [2.75, 3.05) is 0 Å². The Balaban J connectivity index is 0.00000320. The van der Waals surface area contributed by atoms with E-state index in [-0.39, 0.29) is 36.0 Å². The molecule has 0 aliphatic heterocycles. The second-order valence-electron chi connectivity index (χ2n) is 7.01. The maximum atomic E-state index is 11.5. The zero-order valence-electron chi connectivity index (χ0n) is 16.0. The van der Waals surface area contributed by atoms with Crippen LogP contribution in [0.25, 0.3) is 0 Å². The standard InChI is InChI=1S/C23H25NO4S.Na.H/c25-23(29(26,27)28)16-22(21-14-8-3-9-15-21)24(17-19-10-4-1-5-11-19)18-20-12-6-2-7-13-20;;/h1-15,22-23,25H,16-18H2,(H,26,27,28);;. The molecule has 0 fully saturated rings. The van der Waals surface area contributed by atoms with Crippen molar-refractivity contribution in [1.29, 1.82) is 0 Å². The minimum atomic E-state index is -4.56. The Kier molecular flexibility index (Phi) is 9.71. The Hall–Kier alpha value is -1.51. The molecule has 0 aliphatic carbocycles. The van der Waals surface area contributed by atoms with E-state index in [4.69, 9.17) is 0 Å². The molecule has 0 saturated heterocycles. The summed E-state index contributed by atoms with van der Waals surface area (Å²) >= 11 is 0. The molecule has 3 aromatic carbocycles. The van der Waals surface area contributed by atoms with Crippen molar-refractivity contribution in [3.05, 3.63) is 108 Å². The van der Waals surface area contributed by atoms with E-state index in [1.165, 1.54) is 0 Å². The third kappa shape index (κ3) is 7.32. The monoisotopic (exact) mass is 435 g/mol. The fourth-order valence-electron chi connectivity index (χ4n) is 3.40. The van der Waals surface area contributed by atoms with Gasteiger partial charge in [-0.15, -0.1) is 0 Å². The maximum absolute atomic E-state index is 11.5. The molecule has 30 heavy (non-hydrogen) atoms. The van der Waals surface area contributed by atoms with E-state index >= 15 is 0 Å². The van der Waals surface area contributed by atoms with Gasteiger partial charge in [0, 0.05) is 25.6 Å².